The molecule has 1 aromatic carbocycles. The van der Waals surface area contributed by atoms with E-state index in [4.69, 9.17) is 9.15 Å². The summed E-state index contributed by atoms with van der Waals surface area (Å²) in [6.45, 7) is 2.43. The van der Waals surface area contributed by atoms with Crippen LogP contribution in [0.25, 0.3) is 0 Å². The van der Waals surface area contributed by atoms with E-state index in [1.807, 2.05) is 6.92 Å². The Kier molecular flexibility index (Phi) is 7.06. The molecule has 0 bridgehead atoms. The van der Waals surface area contributed by atoms with Gasteiger partial charge in [0.15, 0.2) is 5.76 Å². The molecule has 0 unspecified atom stereocenters. The molecule has 2 aromatic rings. The van der Waals surface area contributed by atoms with Crippen LogP contribution in [0.5, 0.6) is 5.75 Å². The average molecular weight is 374 g/mol. The number of hydrazone groups is 1. The first-order valence-corrected chi connectivity index (χ1v) is 8.06. The molecule has 2 N–H and O–H groups in total. The second-order valence-electron chi connectivity index (χ2n) is 5.23. The van der Waals surface area contributed by atoms with Crippen molar-refractivity contribution in [2.45, 2.75) is 19.8 Å². The van der Waals surface area contributed by atoms with Gasteiger partial charge in [-0.05, 0) is 37.3 Å². The minimum absolute atomic E-state index is 0.0270. The van der Waals surface area contributed by atoms with Gasteiger partial charge in [-0.3, -0.25) is 19.7 Å². The van der Waals surface area contributed by atoms with Crippen LogP contribution in [0, 0.1) is 10.1 Å². The second-order valence-corrected chi connectivity index (χ2v) is 5.23. The molecule has 2 amide bonds. The molecule has 0 aliphatic heterocycles. The number of rotatable bonds is 9. The largest absolute Gasteiger partial charge is 0.494 e. The first-order valence-electron chi connectivity index (χ1n) is 8.06. The van der Waals surface area contributed by atoms with Crippen molar-refractivity contribution in [3.05, 3.63) is 52.3 Å². The van der Waals surface area contributed by atoms with E-state index in [9.17, 15) is 19.7 Å². The molecule has 10 nitrogen and oxygen atoms in total. The maximum Gasteiger partial charge on any atom is 0.433 e. The number of nitrogens with zero attached hydrogens (tertiary/aromatic N) is 2. The number of amides is 2. The molecule has 0 fully saturated rings. The van der Waals surface area contributed by atoms with Crippen LogP contribution >= 0.6 is 0 Å². The van der Waals surface area contributed by atoms with Gasteiger partial charge in [-0.1, -0.05) is 0 Å². The first-order chi connectivity index (χ1) is 13.0. The van der Waals surface area contributed by atoms with Crippen molar-refractivity contribution < 1.29 is 23.7 Å². The van der Waals surface area contributed by atoms with Gasteiger partial charge in [-0.15, -0.1) is 0 Å². The fourth-order valence-corrected chi connectivity index (χ4v) is 1.99. The van der Waals surface area contributed by atoms with E-state index in [2.05, 4.69) is 15.8 Å². The third-order valence-corrected chi connectivity index (χ3v) is 3.20. The molecule has 2 rings (SSSR count). The van der Waals surface area contributed by atoms with E-state index in [1.54, 1.807) is 24.3 Å². The fourth-order valence-electron chi connectivity index (χ4n) is 1.99. The van der Waals surface area contributed by atoms with Crippen LogP contribution in [-0.4, -0.2) is 29.6 Å². The lowest BCUT2D eigenvalue weighted by atomic mass is 10.2. The molecular weight excluding hydrogens is 356 g/mol. The van der Waals surface area contributed by atoms with Crippen LogP contribution in [0.3, 0.4) is 0 Å². The molecule has 27 heavy (non-hydrogen) atoms. The molecule has 0 saturated heterocycles. The lowest BCUT2D eigenvalue weighted by Gasteiger charge is -2.06. The Hall–Kier alpha value is -3.69. The SMILES string of the molecule is CCOc1ccc(NC(=O)CCC(=O)N/N=C/c2ccc([N+](=O)[O-])o2)cc1. The van der Waals surface area contributed by atoms with Gasteiger partial charge >= 0.3 is 5.88 Å². The van der Waals surface area contributed by atoms with Crippen molar-refractivity contribution in [1.29, 1.82) is 0 Å². The van der Waals surface area contributed by atoms with Gasteiger partial charge in [0.25, 0.3) is 0 Å². The maximum absolute atomic E-state index is 11.8. The van der Waals surface area contributed by atoms with Crippen LogP contribution in [0.2, 0.25) is 0 Å². The number of carbonyl (C=O) groups is 2. The van der Waals surface area contributed by atoms with Gasteiger partial charge < -0.3 is 14.5 Å². The number of ether oxygens (including phenoxy) is 1. The summed E-state index contributed by atoms with van der Waals surface area (Å²) >= 11 is 0. The number of hydrogen-bond acceptors (Lipinski definition) is 7. The zero-order valence-corrected chi connectivity index (χ0v) is 14.5. The maximum atomic E-state index is 11.8. The van der Waals surface area contributed by atoms with Gasteiger partial charge in [0.1, 0.15) is 10.7 Å². The highest BCUT2D eigenvalue weighted by Gasteiger charge is 2.10. The van der Waals surface area contributed by atoms with E-state index in [-0.39, 0.29) is 24.5 Å². The highest BCUT2D eigenvalue weighted by Crippen LogP contribution is 2.16. The highest BCUT2D eigenvalue weighted by molar-refractivity contribution is 5.93. The zero-order valence-electron chi connectivity index (χ0n) is 14.5. The summed E-state index contributed by atoms with van der Waals surface area (Å²) in [6, 6.07) is 9.40. The average Bonchev–Trinajstić information content (AvgIpc) is 3.11. The predicted molar refractivity (Wildman–Crippen MR) is 96.6 cm³/mol. The Morgan fingerprint density at radius 1 is 1.19 bits per heavy atom. The molecule has 0 atom stereocenters. The molecule has 142 valence electrons. The smallest absolute Gasteiger partial charge is 0.433 e. The molecule has 0 saturated carbocycles. The zero-order chi connectivity index (χ0) is 19.6. The first kappa shape index (κ1) is 19.6. The summed E-state index contributed by atoms with van der Waals surface area (Å²) in [6.07, 6.45) is 1.03. The van der Waals surface area contributed by atoms with Gasteiger partial charge in [-0.25, -0.2) is 5.43 Å². The Labute approximate surface area is 154 Å². The lowest BCUT2D eigenvalue weighted by Crippen LogP contribution is -2.20. The molecular formula is C17H18N4O6. The predicted octanol–water partition coefficient (Wildman–Crippen LogP) is 2.46. The van der Waals surface area contributed by atoms with Crippen LogP contribution in [0.4, 0.5) is 11.6 Å². The van der Waals surface area contributed by atoms with Gasteiger partial charge in [0.05, 0.1) is 18.9 Å². The minimum atomic E-state index is -0.682. The molecule has 0 radical (unpaired) electrons. The quantitative estimate of drug-likeness (QED) is 0.393. The summed E-state index contributed by atoms with van der Waals surface area (Å²) in [5.41, 5.74) is 2.81. The van der Waals surface area contributed by atoms with E-state index < -0.39 is 16.7 Å². The van der Waals surface area contributed by atoms with Crippen molar-refractivity contribution >= 4 is 29.6 Å². The second kappa shape index (κ2) is 9.70. The molecule has 10 heteroatoms. The van der Waals surface area contributed by atoms with Crippen LogP contribution < -0.4 is 15.5 Å². The Bertz CT molecular complexity index is 828. The van der Waals surface area contributed by atoms with Gasteiger partial charge in [0.2, 0.25) is 11.8 Å². The normalized spacial score (nSPS) is 10.6. The highest BCUT2D eigenvalue weighted by atomic mass is 16.6. The molecule has 0 spiro atoms. The number of anilines is 1. The third kappa shape index (κ3) is 6.61. The van der Waals surface area contributed by atoms with Crippen molar-refractivity contribution in [2.24, 2.45) is 5.10 Å². The summed E-state index contributed by atoms with van der Waals surface area (Å²) in [5.74, 6) is -0.396. The van der Waals surface area contributed by atoms with Crippen molar-refractivity contribution in [3.63, 3.8) is 0 Å². The van der Waals surface area contributed by atoms with Crippen LogP contribution in [0.15, 0.2) is 45.9 Å². The topological polar surface area (TPSA) is 136 Å². The van der Waals surface area contributed by atoms with Crippen LogP contribution in [0.1, 0.15) is 25.5 Å². The molecule has 0 aliphatic carbocycles. The molecule has 1 heterocycles. The number of nitro groups is 1. The Morgan fingerprint density at radius 2 is 1.89 bits per heavy atom. The van der Waals surface area contributed by atoms with E-state index in [0.717, 1.165) is 6.21 Å². The van der Waals surface area contributed by atoms with Crippen LogP contribution in [-0.2, 0) is 9.59 Å². The summed E-state index contributed by atoms with van der Waals surface area (Å²) in [4.78, 5) is 33.3. The van der Waals surface area contributed by atoms with Crippen molar-refractivity contribution in [2.75, 3.05) is 11.9 Å². The molecule has 1 aromatic heterocycles. The fraction of sp³-hybridized carbons (Fsp3) is 0.235. The minimum Gasteiger partial charge on any atom is -0.494 e. The van der Waals surface area contributed by atoms with Crippen molar-refractivity contribution in [3.8, 4) is 5.75 Å². The number of benzene rings is 1. The third-order valence-electron chi connectivity index (χ3n) is 3.20. The number of furan rings is 1. The van der Waals surface area contributed by atoms with E-state index in [1.165, 1.54) is 12.1 Å². The monoisotopic (exact) mass is 374 g/mol. The van der Waals surface area contributed by atoms with E-state index in [0.29, 0.717) is 18.0 Å². The molecule has 0 aliphatic rings. The van der Waals surface area contributed by atoms with Gasteiger partial charge in [0, 0.05) is 18.5 Å². The van der Waals surface area contributed by atoms with E-state index >= 15 is 0 Å². The summed E-state index contributed by atoms with van der Waals surface area (Å²) < 4.78 is 10.2. The number of nitrogens with one attached hydrogen (secondary N) is 2. The number of hydrogen-bond donors (Lipinski definition) is 2. The Balaban J connectivity index is 1.71. The standard InChI is InChI=1S/C17H18N4O6/c1-2-26-13-5-3-12(4-6-13)19-15(22)8-9-16(23)20-18-11-14-7-10-17(27-14)21(24)25/h3-7,10-11H,2,8-9H2,1H3,(H,19,22)(H,20,23)/b18-11+. The van der Waals surface area contributed by atoms with Gasteiger partial charge in [-0.2, -0.15) is 5.10 Å². The summed E-state index contributed by atoms with van der Waals surface area (Å²) in [7, 11) is 0. The number of carbonyl (C=O) groups excluding carboxylic acids is 2. The van der Waals surface area contributed by atoms with Crippen molar-refractivity contribution in [1.82, 2.24) is 5.43 Å². The summed E-state index contributed by atoms with van der Waals surface area (Å²) in [5, 5.41) is 16.8. The lowest BCUT2D eigenvalue weighted by molar-refractivity contribution is -0.402. The Morgan fingerprint density at radius 3 is 2.52 bits per heavy atom.